The molecule has 92 valence electrons. The average Bonchev–Trinajstić information content (AvgIpc) is 2.62. The lowest BCUT2D eigenvalue weighted by Crippen LogP contribution is -2.34. The Morgan fingerprint density at radius 3 is 2.75 bits per heavy atom. The maximum Gasteiger partial charge on any atom is 0.0897 e. The van der Waals surface area contributed by atoms with Crippen LogP contribution in [0, 0.1) is 6.92 Å². The Hall–Kier alpha value is -0.450. The Morgan fingerprint density at radius 2 is 2.25 bits per heavy atom. The van der Waals surface area contributed by atoms with Crippen molar-refractivity contribution in [3.05, 3.63) is 16.1 Å². The van der Waals surface area contributed by atoms with Crippen molar-refractivity contribution in [1.82, 2.24) is 15.2 Å². The summed E-state index contributed by atoms with van der Waals surface area (Å²) in [5.41, 5.74) is 1.20. The Balaban J connectivity index is 2.31. The summed E-state index contributed by atoms with van der Waals surface area (Å²) < 4.78 is 0. The molecular weight excluding hydrogens is 218 g/mol. The van der Waals surface area contributed by atoms with Gasteiger partial charge in [-0.3, -0.25) is 4.90 Å². The number of thiazole rings is 1. The molecule has 0 aromatic carbocycles. The predicted octanol–water partition coefficient (Wildman–Crippen LogP) is 2.27. The van der Waals surface area contributed by atoms with Gasteiger partial charge in [0.15, 0.2) is 0 Å². The molecule has 0 aliphatic carbocycles. The standard InChI is InChI=1S/C12H23N3S/c1-5-15(7-6-13-10(2)3)8-12-9-16-11(4)14-12/h9-10,13H,5-8H2,1-4H3. The van der Waals surface area contributed by atoms with Gasteiger partial charge in [-0.05, 0) is 13.5 Å². The van der Waals surface area contributed by atoms with Crippen LogP contribution in [-0.2, 0) is 6.54 Å². The van der Waals surface area contributed by atoms with Crippen LogP contribution in [0.1, 0.15) is 31.5 Å². The molecule has 1 aromatic heterocycles. The molecule has 1 heterocycles. The highest BCUT2D eigenvalue weighted by atomic mass is 32.1. The summed E-state index contributed by atoms with van der Waals surface area (Å²) in [5.74, 6) is 0. The van der Waals surface area contributed by atoms with E-state index in [9.17, 15) is 0 Å². The molecule has 0 bridgehead atoms. The first-order valence-corrected chi connectivity index (χ1v) is 6.86. The van der Waals surface area contributed by atoms with E-state index in [1.165, 1.54) is 5.69 Å². The summed E-state index contributed by atoms with van der Waals surface area (Å²) in [5, 5.41) is 6.76. The summed E-state index contributed by atoms with van der Waals surface area (Å²) in [6, 6.07) is 0.570. The molecule has 4 heteroatoms. The largest absolute Gasteiger partial charge is 0.313 e. The van der Waals surface area contributed by atoms with Crippen LogP contribution in [0.3, 0.4) is 0 Å². The molecule has 3 nitrogen and oxygen atoms in total. The third kappa shape index (κ3) is 5.05. The predicted molar refractivity (Wildman–Crippen MR) is 70.9 cm³/mol. The van der Waals surface area contributed by atoms with Crippen molar-refractivity contribution in [3.8, 4) is 0 Å². The van der Waals surface area contributed by atoms with Gasteiger partial charge in [-0.1, -0.05) is 20.8 Å². The lowest BCUT2D eigenvalue weighted by Gasteiger charge is -2.20. The normalized spacial score (nSPS) is 11.6. The fourth-order valence-corrected chi connectivity index (χ4v) is 2.17. The maximum atomic E-state index is 4.50. The molecule has 0 atom stereocenters. The van der Waals surface area contributed by atoms with Crippen molar-refractivity contribution in [3.63, 3.8) is 0 Å². The number of rotatable bonds is 7. The van der Waals surface area contributed by atoms with Gasteiger partial charge < -0.3 is 5.32 Å². The fourth-order valence-electron chi connectivity index (χ4n) is 1.57. The fraction of sp³-hybridized carbons (Fsp3) is 0.750. The van der Waals surface area contributed by atoms with Crippen LogP contribution >= 0.6 is 11.3 Å². The van der Waals surface area contributed by atoms with Gasteiger partial charge in [0, 0.05) is 31.1 Å². The van der Waals surface area contributed by atoms with Crippen molar-refractivity contribution >= 4 is 11.3 Å². The van der Waals surface area contributed by atoms with Crippen LogP contribution < -0.4 is 5.32 Å². The molecular formula is C12H23N3S. The van der Waals surface area contributed by atoms with E-state index < -0.39 is 0 Å². The van der Waals surface area contributed by atoms with Crippen molar-refractivity contribution in [1.29, 1.82) is 0 Å². The van der Waals surface area contributed by atoms with E-state index in [2.05, 4.69) is 48.3 Å². The molecule has 0 saturated carbocycles. The number of nitrogens with one attached hydrogen (secondary N) is 1. The molecule has 0 saturated heterocycles. The van der Waals surface area contributed by atoms with Crippen LogP contribution in [0.5, 0.6) is 0 Å². The summed E-state index contributed by atoms with van der Waals surface area (Å²) in [7, 11) is 0. The Kier molecular flexibility index (Phi) is 5.95. The molecule has 1 aromatic rings. The zero-order valence-electron chi connectivity index (χ0n) is 10.8. The lowest BCUT2D eigenvalue weighted by molar-refractivity contribution is 0.273. The minimum absolute atomic E-state index is 0.570. The molecule has 16 heavy (non-hydrogen) atoms. The summed E-state index contributed by atoms with van der Waals surface area (Å²) in [4.78, 5) is 6.92. The summed E-state index contributed by atoms with van der Waals surface area (Å²) in [6.07, 6.45) is 0. The first kappa shape index (κ1) is 13.6. The topological polar surface area (TPSA) is 28.2 Å². The molecule has 1 N–H and O–H groups in total. The molecule has 0 radical (unpaired) electrons. The third-order valence-electron chi connectivity index (χ3n) is 2.48. The van der Waals surface area contributed by atoms with Crippen LogP contribution in [0.15, 0.2) is 5.38 Å². The minimum Gasteiger partial charge on any atom is -0.313 e. The molecule has 0 aliphatic heterocycles. The molecule has 0 unspecified atom stereocenters. The average molecular weight is 241 g/mol. The van der Waals surface area contributed by atoms with E-state index in [0.717, 1.165) is 31.2 Å². The Bertz CT molecular complexity index is 296. The second-order valence-corrected chi connectivity index (χ2v) is 5.40. The minimum atomic E-state index is 0.570. The summed E-state index contributed by atoms with van der Waals surface area (Å²) in [6.45, 7) is 12.8. The highest BCUT2D eigenvalue weighted by Crippen LogP contribution is 2.09. The molecule has 0 spiro atoms. The molecule has 1 rings (SSSR count). The van der Waals surface area contributed by atoms with Gasteiger partial charge in [0.1, 0.15) is 0 Å². The number of hydrogen-bond donors (Lipinski definition) is 1. The van der Waals surface area contributed by atoms with Crippen LogP contribution in [0.25, 0.3) is 0 Å². The van der Waals surface area contributed by atoms with Gasteiger partial charge in [0.05, 0.1) is 10.7 Å². The molecule has 0 fully saturated rings. The van der Waals surface area contributed by atoms with Gasteiger partial charge in [-0.25, -0.2) is 4.98 Å². The number of aromatic nitrogens is 1. The van der Waals surface area contributed by atoms with E-state index in [1.807, 2.05) is 0 Å². The first-order valence-electron chi connectivity index (χ1n) is 5.98. The highest BCUT2D eigenvalue weighted by Gasteiger charge is 2.06. The zero-order chi connectivity index (χ0) is 12.0. The number of nitrogens with zero attached hydrogens (tertiary/aromatic N) is 2. The van der Waals surface area contributed by atoms with Crippen LogP contribution in [0.2, 0.25) is 0 Å². The smallest absolute Gasteiger partial charge is 0.0897 e. The van der Waals surface area contributed by atoms with E-state index >= 15 is 0 Å². The van der Waals surface area contributed by atoms with Gasteiger partial charge >= 0.3 is 0 Å². The third-order valence-corrected chi connectivity index (χ3v) is 3.30. The van der Waals surface area contributed by atoms with Crippen molar-refractivity contribution in [2.24, 2.45) is 0 Å². The van der Waals surface area contributed by atoms with E-state index in [4.69, 9.17) is 0 Å². The van der Waals surface area contributed by atoms with Gasteiger partial charge in [-0.2, -0.15) is 0 Å². The monoisotopic (exact) mass is 241 g/mol. The number of likely N-dealkylation sites (N-methyl/N-ethyl adjacent to an activating group) is 1. The zero-order valence-corrected chi connectivity index (χ0v) is 11.6. The van der Waals surface area contributed by atoms with Crippen molar-refractivity contribution in [2.45, 2.75) is 40.3 Å². The van der Waals surface area contributed by atoms with E-state index in [1.54, 1.807) is 11.3 Å². The quantitative estimate of drug-likeness (QED) is 0.794. The highest BCUT2D eigenvalue weighted by molar-refractivity contribution is 7.09. The number of aryl methyl sites for hydroxylation is 1. The number of hydrogen-bond acceptors (Lipinski definition) is 4. The van der Waals surface area contributed by atoms with E-state index in [0.29, 0.717) is 6.04 Å². The Labute approximate surface area is 103 Å². The van der Waals surface area contributed by atoms with Gasteiger partial charge in [0.2, 0.25) is 0 Å². The molecule has 0 amide bonds. The van der Waals surface area contributed by atoms with Crippen LogP contribution in [0.4, 0.5) is 0 Å². The lowest BCUT2D eigenvalue weighted by atomic mass is 10.3. The summed E-state index contributed by atoms with van der Waals surface area (Å²) >= 11 is 1.73. The van der Waals surface area contributed by atoms with Crippen molar-refractivity contribution < 1.29 is 0 Å². The SMILES string of the molecule is CCN(CCNC(C)C)Cc1csc(C)n1. The van der Waals surface area contributed by atoms with Crippen LogP contribution in [-0.4, -0.2) is 35.6 Å². The molecule has 0 aliphatic rings. The maximum absolute atomic E-state index is 4.50. The van der Waals surface area contributed by atoms with Gasteiger partial charge in [-0.15, -0.1) is 11.3 Å². The second-order valence-electron chi connectivity index (χ2n) is 4.34. The van der Waals surface area contributed by atoms with Crippen molar-refractivity contribution in [2.75, 3.05) is 19.6 Å². The van der Waals surface area contributed by atoms with E-state index in [-0.39, 0.29) is 0 Å². The van der Waals surface area contributed by atoms with Gasteiger partial charge in [0.25, 0.3) is 0 Å². The Morgan fingerprint density at radius 1 is 1.50 bits per heavy atom. The second kappa shape index (κ2) is 6.99. The first-order chi connectivity index (χ1) is 7.61.